The van der Waals surface area contributed by atoms with E-state index in [1.54, 1.807) is 24.7 Å². The second-order valence-electron chi connectivity index (χ2n) is 3.66. The van der Waals surface area contributed by atoms with Crippen molar-refractivity contribution in [1.29, 1.82) is 0 Å². The number of halogens is 1. The summed E-state index contributed by atoms with van der Waals surface area (Å²) in [7, 11) is 0. The minimum Gasteiger partial charge on any atom is -0.345 e. The molecular weight excluding hydrogens is 252 g/mol. The van der Waals surface area contributed by atoms with Crippen molar-refractivity contribution in [2.45, 2.75) is 0 Å². The number of nitrogens with two attached hydrogens (primary N) is 1. The van der Waals surface area contributed by atoms with Crippen LogP contribution in [0.2, 0.25) is 5.02 Å². The van der Waals surface area contributed by atoms with Crippen LogP contribution in [0.15, 0.2) is 30.7 Å². The molecule has 3 aromatic rings. The van der Waals surface area contributed by atoms with Gasteiger partial charge in [-0.3, -0.25) is 0 Å². The maximum Gasteiger partial charge on any atom is 0.163 e. The van der Waals surface area contributed by atoms with Crippen molar-refractivity contribution in [2.24, 2.45) is 5.84 Å². The summed E-state index contributed by atoms with van der Waals surface area (Å²) in [6, 6.07) is 3.51. The van der Waals surface area contributed by atoms with Gasteiger partial charge in [-0.1, -0.05) is 11.6 Å². The number of rotatable bonds is 2. The molecular formula is C11H9ClN6. The quantitative estimate of drug-likeness (QED) is 0.484. The molecule has 3 rings (SSSR count). The first-order chi connectivity index (χ1) is 8.78. The molecule has 0 aliphatic rings. The molecule has 0 amide bonds. The number of hydrogen-bond acceptors (Lipinski definition) is 5. The van der Waals surface area contributed by atoms with E-state index in [0.717, 1.165) is 16.6 Å². The Morgan fingerprint density at radius 1 is 1.33 bits per heavy atom. The Bertz CT molecular complexity index is 708. The van der Waals surface area contributed by atoms with Crippen LogP contribution in [0.4, 0.5) is 5.82 Å². The van der Waals surface area contributed by atoms with Crippen molar-refractivity contribution in [3.8, 4) is 11.4 Å². The largest absolute Gasteiger partial charge is 0.345 e. The fraction of sp³-hybridized carbons (Fsp3) is 0. The van der Waals surface area contributed by atoms with E-state index in [2.05, 4.69) is 25.4 Å². The molecule has 0 spiro atoms. The van der Waals surface area contributed by atoms with Crippen LogP contribution in [0.25, 0.3) is 22.4 Å². The van der Waals surface area contributed by atoms with E-state index in [1.807, 2.05) is 6.07 Å². The van der Waals surface area contributed by atoms with Gasteiger partial charge in [0.1, 0.15) is 11.5 Å². The van der Waals surface area contributed by atoms with Crippen LogP contribution in [-0.4, -0.2) is 19.9 Å². The number of anilines is 1. The van der Waals surface area contributed by atoms with Crippen LogP contribution in [0, 0.1) is 0 Å². The Kier molecular flexibility index (Phi) is 2.58. The summed E-state index contributed by atoms with van der Waals surface area (Å²) in [6.45, 7) is 0. The molecule has 0 saturated carbocycles. The number of pyridine rings is 1. The maximum absolute atomic E-state index is 5.94. The Labute approximate surface area is 107 Å². The van der Waals surface area contributed by atoms with Gasteiger partial charge in [0.15, 0.2) is 5.82 Å². The van der Waals surface area contributed by atoms with Gasteiger partial charge in [0, 0.05) is 35.6 Å². The molecule has 0 fully saturated rings. The third kappa shape index (κ3) is 1.77. The Balaban J connectivity index is 2.21. The molecule has 7 heteroatoms. The van der Waals surface area contributed by atoms with E-state index < -0.39 is 0 Å². The predicted molar refractivity (Wildman–Crippen MR) is 69.9 cm³/mol. The molecule has 0 radical (unpaired) electrons. The lowest BCUT2D eigenvalue weighted by molar-refractivity contribution is 1.15. The molecule has 0 saturated heterocycles. The molecule has 0 bridgehead atoms. The smallest absolute Gasteiger partial charge is 0.163 e. The second kappa shape index (κ2) is 4.25. The van der Waals surface area contributed by atoms with Gasteiger partial charge in [-0.2, -0.15) is 0 Å². The van der Waals surface area contributed by atoms with Crippen molar-refractivity contribution in [2.75, 3.05) is 5.43 Å². The number of fused-ring (bicyclic) bond motifs is 1. The van der Waals surface area contributed by atoms with Crippen LogP contribution in [0.3, 0.4) is 0 Å². The van der Waals surface area contributed by atoms with Crippen LogP contribution in [-0.2, 0) is 0 Å². The fourth-order valence-corrected chi connectivity index (χ4v) is 1.89. The van der Waals surface area contributed by atoms with Crippen molar-refractivity contribution in [1.82, 2.24) is 19.9 Å². The van der Waals surface area contributed by atoms with Gasteiger partial charge >= 0.3 is 0 Å². The molecule has 0 atom stereocenters. The summed E-state index contributed by atoms with van der Waals surface area (Å²) < 4.78 is 0. The molecule has 4 N–H and O–H groups in total. The lowest BCUT2D eigenvalue weighted by Gasteiger charge is -2.01. The average Bonchev–Trinajstić information content (AvgIpc) is 2.81. The highest BCUT2D eigenvalue weighted by atomic mass is 35.5. The van der Waals surface area contributed by atoms with Gasteiger partial charge in [0.25, 0.3) is 0 Å². The minimum atomic E-state index is 0.546. The van der Waals surface area contributed by atoms with Crippen molar-refractivity contribution < 1.29 is 0 Å². The molecule has 18 heavy (non-hydrogen) atoms. The first-order valence-electron chi connectivity index (χ1n) is 5.20. The monoisotopic (exact) mass is 260 g/mol. The Morgan fingerprint density at radius 2 is 2.22 bits per heavy atom. The van der Waals surface area contributed by atoms with Crippen LogP contribution >= 0.6 is 11.6 Å². The lowest BCUT2D eigenvalue weighted by Crippen LogP contribution is -2.08. The number of H-pyrrole nitrogens is 1. The first-order valence-corrected chi connectivity index (χ1v) is 5.58. The molecule has 0 unspecified atom stereocenters. The maximum atomic E-state index is 5.94. The molecule has 3 heterocycles. The van der Waals surface area contributed by atoms with Crippen LogP contribution in [0.5, 0.6) is 0 Å². The molecule has 3 aromatic heterocycles. The minimum absolute atomic E-state index is 0.546. The number of nitrogen functional groups attached to an aromatic ring is 1. The van der Waals surface area contributed by atoms with E-state index in [1.165, 1.54) is 0 Å². The number of aromatic amines is 1. The molecule has 0 aliphatic heterocycles. The van der Waals surface area contributed by atoms with Crippen molar-refractivity contribution >= 4 is 28.5 Å². The average molecular weight is 261 g/mol. The standard InChI is InChI=1S/C11H9ClN6/c12-6-3-7-8(5-16-10(7)15-4-6)11-14-2-1-9(17-11)18-13/h1-5H,13H2,(H,15,16)(H,14,17,18). The van der Waals surface area contributed by atoms with E-state index in [9.17, 15) is 0 Å². The van der Waals surface area contributed by atoms with Gasteiger partial charge < -0.3 is 10.4 Å². The fourth-order valence-electron chi connectivity index (χ4n) is 1.73. The summed E-state index contributed by atoms with van der Waals surface area (Å²) in [5.74, 6) is 6.43. The van der Waals surface area contributed by atoms with Gasteiger partial charge in [-0.25, -0.2) is 20.8 Å². The summed E-state index contributed by atoms with van der Waals surface area (Å²) in [5.41, 5.74) is 4.06. The molecule has 6 nitrogen and oxygen atoms in total. The van der Waals surface area contributed by atoms with E-state index in [-0.39, 0.29) is 0 Å². The SMILES string of the molecule is NNc1ccnc(-c2c[nH]c3ncc(Cl)cc23)n1. The topological polar surface area (TPSA) is 92.5 Å². The normalized spacial score (nSPS) is 10.8. The predicted octanol–water partition coefficient (Wildman–Crippen LogP) is 1.96. The van der Waals surface area contributed by atoms with E-state index >= 15 is 0 Å². The summed E-state index contributed by atoms with van der Waals surface area (Å²) in [6.07, 6.45) is 5.01. The van der Waals surface area contributed by atoms with Crippen LogP contribution < -0.4 is 11.3 Å². The zero-order chi connectivity index (χ0) is 12.5. The van der Waals surface area contributed by atoms with Crippen molar-refractivity contribution in [3.05, 3.63) is 35.7 Å². The van der Waals surface area contributed by atoms with Gasteiger partial charge in [0.2, 0.25) is 0 Å². The second-order valence-corrected chi connectivity index (χ2v) is 4.10. The highest BCUT2D eigenvalue weighted by Crippen LogP contribution is 2.27. The number of hydrazine groups is 1. The zero-order valence-corrected chi connectivity index (χ0v) is 9.94. The summed E-state index contributed by atoms with van der Waals surface area (Å²) in [4.78, 5) is 15.7. The molecule has 90 valence electrons. The first kappa shape index (κ1) is 10.9. The third-order valence-electron chi connectivity index (χ3n) is 2.54. The van der Waals surface area contributed by atoms with Gasteiger partial charge in [-0.15, -0.1) is 0 Å². The number of aromatic nitrogens is 4. The Morgan fingerprint density at radius 3 is 3.06 bits per heavy atom. The zero-order valence-electron chi connectivity index (χ0n) is 9.18. The number of nitrogens with zero attached hydrogens (tertiary/aromatic N) is 3. The third-order valence-corrected chi connectivity index (χ3v) is 2.75. The number of nitrogens with one attached hydrogen (secondary N) is 2. The van der Waals surface area contributed by atoms with Gasteiger partial charge in [-0.05, 0) is 6.07 Å². The molecule has 0 aliphatic carbocycles. The summed E-state index contributed by atoms with van der Waals surface area (Å²) in [5, 5.41) is 1.44. The highest BCUT2D eigenvalue weighted by molar-refractivity contribution is 6.31. The molecule has 0 aromatic carbocycles. The lowest BCUT2D eigenvalue weighted by atomic mass is 10.2. The summed E-state index contributed by atoms with van der Waals surface area (Å²) >= 11 is 5.94. The highest BCUT2D eigenvalue weighted by Gasteiger charge is 2.10. The number of hydrogen-bond donors (Lipinski definition) is 3. The Hall–Kier alpha value is -2.18. The van der Waals surface area contributed by atoms with E-state index in [4.69, 9.17) is 17.4 Å². The van der Waals surface area contributed by atoms with E-state index in [0.29, 0.717) is 16.7 Å². The van der Waals surface area contributed by atoms with Crippen molar-refractivity contribution in [3.63, 3.8) is 0 Å². The van der Waals surface area contributed by atoms with Crippen LogP contribution in [0.1, 0.15) is 0 Å². The van der Waals surface area contributed by atoms with Gasteiger partial charge in [0.05, 0.1) is 5.02 Å².